The van der Waals surface area contributed by atoms with Crippen molar-refractivity contribution < 1.29 is 19.3 Å². The van der Waals surface area contributed by atoms with Crippen molar-refractivity contribution in [2.24, 2.45) is 0 Å². The van der Waals surface area contributed by atoms with Crippen molar-refractivity contribution in [1.82, 2.24) is 0 Å². The standard InChI is InChI=1S/C9H18O4/c1-11-4-2-5-13-9-7-12-6-3-8(9)10/h8-10H,2-7H2,1H3. The fraction of sp³-hybridized carbons (Fsp3) is 1.00. The molecule has 1 fully saturated rings. The second-order valence-electron chi connectivity index (χ2n) is 3.19. The number of ether oxygens (including phenoxy) is 3. The van der Waals surface area contributed by atoms with Gasteiger partial charge in [-0.3, -0.25) is 0 Å². The van der Waals surface area contributed by atoms with E-state index in [0.29, 0.717) is 32.8 Å². The summed E-state index contributed by atoms with van der Waals surface area (Å²) in [6.07, 6.45) is 1.02. The van der Waals surface area contributed by atoms with E-state index in [1.165, 1.54) is 0 Å². The average molecular weight is 190 g/mol. The Kier molecular flexibility index (Phi) is 5.31. The monoisotopic (exact) mass is 190 g/mol. The van der Waals surface area contributed by atoms with Crippen LogP contribution in [0, 0.1) is 0 Å². The molecule has 1 N–H and O–H groups in total. The zero-order valence-electron chi connectivity index (χ0n) is 8.07. The lowest BCUT2D eigenvalue weighted by atomic mass is 10.1. The highest BCUT2D eigenvalue weighted by atomic mass is 16.5. The van der Waals surface area contributed by atoms with E-state index in [1.54, 1.807) is 7.11 Å². The van der Waals surface area contributed by atoms with E-state index in [9.17, 15) is 5.11 Å². The van der Waals surface area contributed by atoms with Gasteiger partial charge in [-0.25, -0.2) is 0 Å². The van der Waals surface area contributed by atoms with E-state index in [-0.39, 0.29) is 12.2 Å². The van der Waals surface area contributed by atoms with E-state index < -0.39 is 0 Å². The number of methoxy groups -OCH3 is 1. The van der Waals surface area contributed by atoms with Gasteiger partial charge in [-0.1, -0.05) is 0 Å². The lowest BCUT2D eigenvalue weighted by Crippen LogP contribution is -2.39. The van der Waals surface area contributed by atoms with Crippen molar-refractivity contribution in [3.8, 4) is 0 Å². The van der Waals surface area contributed by atoms with Crippen LogP contribution < -0.4 is 0 Å². The number of rotatable bonds is 5. The normalized spacial score (nSPS) is 29.1. The van der Waals surface area contributed by atoms with Crippen LogP contribution in [0.2, 0.25) is 0 Å². The maximum atomic E-state index is 9.49. The molecule has 0 spiro atoms. The molecular formula is C9H18O4. The summed E-state index contributed by atoms with van der Waals surface area (Å²) in [6, 6.07) is 0. The van der Waals surface area contributed by atoms with Crippen LogP contribution in [0.4, 0.5) is 0 Å². The van der Waals surface area contributed by atoms with Gasteiger partial charge in [0, 0.05) is 26.9 Å². The summed E-state index contributed by atoms with van der Waals surface area (Å²) in [5, 5.41) is 9.49. The summed E-state index contributed by atoms with van der Waals surface area (Å²) in [7, 11) is 1.67. The number of aliphatic hydroxyl groups excluding tert-OH is 1. The molecule has 78 valence electrons. The van der Waals surface area contributed by atoms with Crippen molar-refractivity contribution in [2.75, 3.05) is 33.5 Å². The van der Waals surface area contributed by atoms with Crippen LogP contribution in [0.3, 0.4) is 0 Å². The van der Waals surface area contributed by atoms with Crippen molar-refractivity contribution >= 4 is 0 Å². The molecular weight excluding hydrogens is 172 g/mol. The topological polar surface area (TPSA) is 47.9 Å². The number of aliphatic hydroxyl groups is 1. The van der Waals surface area contributed by atoms with Crippen LogP contribution in [0.5, 0.6) is 0 Å². The van der Waals surface area contributed by atoms with Gasteiger partial charge in [0.15, 0.2) is 0 Å². The van der Waals surface area contributed by atoms with Crippen LogP contribution in [0.25, 0.3) is 0 Å². The molecule has 0 radical (unpaired) electrons. The summed E-state index contributed by atoms with van der Waals surface area (Å²) in [6.45, 7) is 2.47. The molecule has 1 rings (SSSR count). The predicted octanol–water partition coefficient (Wildman–Crippen LogP) is 0.189. The Morgan fingerprint density at radius 1 is 1.46 bits per heavy atom. The minimum absolute atomic E-state index is 0.148. The Morgan fingerprint density at radius 2 is 2.31 bits per heavy atom. The molecule has 13 heavy (non-hydrogen) atoms. The first-order chi connectivity index (χ1) is 6.34. The van der Waals surface area contributed by atoms with Crippen LogP contribution >= 0.6 is 0 Å². The Morgan fingerprint density at radius 3 is 3.00 bits per heavy atom. The van der Waals surface area contributed by atoms with Crippen LogP contribution in [0.15, 0.2) is 0 Å². The molecule has 1 aliphatic rings. The maximum absolute atomic E-state index is 9.49. The first-order valence-corrected chi connectivity index (χ1v) is 4.71. The molecule has 2 atom stereocenters. The van der Waals surface area contributed by atoms with Gasteiger partial charge in [0.1, 0.15) is 6.10 Å². The molecule has 4 nitrogen and oxygen atoms in total. The largest absolute Gasteiger partial charge is 0.390 e. The predicted molar refractivity (Wildman–Crippen MR) is 47.7 cm³/mol. The third-order valence-electron chi connectivity index (χ3n) is 2.09. The molecule has 1 heterocycles. The second kappa shape index (κ2) is 6.32. The maximum Gasteiger partial charge on any atom is 0.107 e. The Balaban J connectivity index is 2.05. The Bertz CT molecular complexity index is 129. The molecule has 0 aromatic rings. The van der Waals surface area contributed by atoms with Gasteiger partial charge >= 0.3 is 0 Å². The molecule has 0 bridgehead atoms. The molecule has 4 heteroatoms. The Hall–Kier alpha value is -0.160. The zero-order valence-corrected chi connectivity index (χ0v) is 8.07. The molecule has 0 aliphatic carbocycles. The van der Waals surface area contributed by atoms with Crippen LogP contribution in [-0.2, 0) is 14.2 Å². The second-order valence-corrected chi connectivity index (χ2v) is 3.19. The van der Waals surface area contributed by atoms with Gasteiger partial charge < -0.3 is 19.3 Å². The fourth-order valence-electron chi connectivity index (χ4n) is 1.30. The Labute approximate surface area is 78.8 Å². The molecule has 0 saturated carbocycles. The minimum atomic E-state index is -0.365. The summed E-state index contributed by atoms with van der Waals surface area (Å²) in [5.41, 5.74) is 0. The van der Waals surface area contributed by atoms with E-state index >= 15 is 0 Å². The SMILES string of the molecule is COCCCOC1COCCC1O. The quantitative estimate of drug-likeness (QED) is 0.629. The zero-order chi connectivity index (χ0) is 9.52. The van der Waals surface area contributed by atoms with Gasteiger partial charge in [-0.05, 0) is 12.8 Å². The van der Waals surface area contributed by atoms with Gasteiger partial charge in [0.25, 0.3) is 0 Å². The van der Waals surface area contributed by atoms with Gasteiger partial charge in [0.2, 0.25) is 0 Å². The van der Waals surface area contributed by atoms with Crippen molar-refractivity contribution in [3.63, 3.8) is 0 Å². The number of hydrogen-bond acceptors (Lipinski definition) is 4. The van der Waals surface area contributed by atoms with Crippen LogP contribution in [0.1, 0.15) is 12.8 Å². The highest BCUT2D eigenvalue weighted by molar-refractivity contribution is 4.72. The smallest absolute Gasteiger partial charge is 0.107 e. The van der Waals surface area contributed by atoms with E-state index in [0.717, 1.165) is 6.42 Å². The third kappa shape index (κ3) is 4.04. The highest BCUT2D eigenvalue weighted by Crippen LogP contribution is 2.11. The van der Waals surface area contributed by atoms with Gasteiger partial charge in [-0.2, -0.15) is 0 Å². The average Bonchev–Trinajstić information content (AvgIpc) is 2.15. The van der Waals surface area contributed by atoms with Crippen LogP contribution in [-0.4, -0.2) is 50.9 Å². The lowest BCUT2D eigenvalue weighted by molar-refractivity contribution is -0.118. The van der Waals surface area contributed by atoms with Crippen molar-refractivity contribution in [3.05, 3.63) is 0 Å². The first-order valence-electron chi connectivity index (χ1n) is 4.71. The summed E-state index contributed by atoms with van der Waals surface area (Å²) < 4.78 is 15.5. The summed E-state index contributed by atoms with van der Waals surface area (Å²) >= 11 is 0. The van der Waals surface area contributed by atoms with Crippen molar-refractivity contribution in [1.29, 1.82) is 0 Å². The molecule has 0 aromatic heterocycles. The van der Waals surface area contributed by atoms with Gasteiger partial charge in [-0.15, -0.1) is 0 Å². The van der Waals surface area contributed by atoms with Crippen molar-refractivity contribution in [2.45, 2.75) is 25.0 Å². The van der Waals surface area contributed by atoms with Gasteiger partial charge in [0.05, 0.1) is 12.7 Å². The molecule has 0 amide bonds. The molecule has 1 aliphatic heterocycles. The highest BCUT2D eigenvalue weighted by Gasteiger charge is 2.23. The van der Waals surface area contributed by atoms with E-state index in [2.05, 4.69) is 0 Å². The first kappa shape index (κ1) is 10.9. The minimum Gasteiger partial charge on any atom is -0.390 e. The summed E-state index contributed by atoms with van der Waals surface area (Å²) in [5.74, 6) is 0. The number of hydrogen-bond donors (Lipinski definition) is 1. The lowest BCUT2D eigenvalue weighted by Gasteiger charge is -2.27. The summed E-state index contributed by atoms with van der Waals surface area (Å²) in [4.78, 5) is 0. The molecule has 0 aromatic carbocycles. The third-order valence-corrected chi connectivity index (χ3v) is 2.09. The van der Waals surface area contributed by atoms with E-state index in [1.807, 2.05) is 0 Å². The fourth-order valence-corrected chi connectivity index (χ4v) is 1.30. The molecule has 1 saturated heterocycles. The van der Waals surface area contributed by atoms with E-state index in [4.69, 9.17) is 14.2 Å². The molecule has 2 unspecified atom stereocenters.